The third kappa shape index (κ3) is 1.77. The van der Waals surface area contributed by atoms with E-state index in [-0.39, 0.29) is 5.56 Å². The molecule has 0 saturated heterocycles. The zero-order chi connectivity index (χ0) is 11.7. The number of hydrogen-bond acceptors (Lipinski definition) is 5. The quantitative estimate of drug-likeness (QED) is 0.792. The highest BCUT2D eigenvalue weighted by Gasteiger charge is 2.21. The van der Waals surface area contributed by atoms with Gasteiger partial charge >= 0.3 is 5.97 Å². The van der Waals surface area contributed by atoms with E-state index in [2.05, 4.69) is 4.98 Å². The van der Waals surface area contributed by atoms with Gasteiger partial charge in [0.25, 0.3) is 5.22 Å². The molecule has 0 amide bonds. The second-order valence-electron chi connectivity index (χ2n) is 3.12. The van der Waals surface area contributed by atoms with Gasteiger partial charge in [0.2, 0.25) is 0 Å². The first-order valence-corrected chi connectivity index (χ1v) is 5.70. The standard InChI is InChI=1S/C10H9NO4S/c1-16-10-11-6-4-2-3-5(8(6)15-10)7(12)9(13)14/h2-4,7,12H,1H3,(H,13,14). The van der Waals surface area contributed by atoms with Crippen molar-refractivity contribution < 1.29 is 19.4 Å². The maximum Gasteiger partial charge on any atom is 0.337 e. The number of carboxylic acids is 1. The number of oxazole rings is 1. The largest absolute Gasteiger partial charge is 0.479 e. The maximum atomic E-state index is 10.7. The Bertz CT molecular complexity index is 537. The number of rotatable bonds is 3. The first kappa shape index (κ1) is 11.0. The Morgan fingerprint density at radius 1 is 1.56 bits per heavy atom. The highest BCUT2D eigenvalue weighted by Crippen LogP contribution is 2.28. The van der Waals surface area contributed by atoms with Crippen LogP contribution in [0.4, 0.5) is 0 Å². The predicted molar refractivity (Wildman–Crippen MR) is 58.4 cm³/mol. The van der Waals surface area contributed by atoms with Crippen molar-refractivity contribution in [3.63, 3.8) is 0 Å². The molecule has 2 rings (SSSR count). The van der Waals surface area contributed by atoms with Crippen molar-refractivity contribution in [1.29, 1.82) is 0 Å². The molecule has 0 aliphatic carbocycles. The molecule has 0 saturated carbocycles. The van der Waals surface area contributed by atoms with E-state index >= 15 is 0 Å². The Morgan fingerprint density at radius 2 is 2.31 bits per heavy atom. The number of aliphatic hydroxyl groups excluding tert-OH is 1. The Morgan fingerprint density at radius 3 is 2.94 bits per heavy atom. The number of fused-ring (bicyclic) bond motifs is 1. The number of aliphatic carboxylic acids is 1. The molecular formula is C10H9NO4S. The fraction of sp³-hybridized carbons (Fsp3) is 0.200. The first-order valence-electron chi connectivity index (χ1n) is 4.48. The van der Waals surface area contributed by atoms with E-state index < -0.39 is 12.1 Å². The van der Waals surface area contributed by atoms with E-state index in [1.165, 1.54) is 17.8 Å². The molecule has 16 heavy (non-hydrogen) atoms. The third-order valence-corrected chi connectivity index (χ3v) is 2.65. The van der Waals surface area contributed by atoms with Gasteiger partial charge in [0.1, 0.15) is 5.52 Å². The fourth-order valence-corrected chi connectivity index (χ4v) is 1.74. The van der Waals surface area contributed by atoms with Crippen LogP contribution < -0.4 is 0 Å². The third-order valence-electron chi connectivity index (χ3n) is 2.13. The van der Waals surface area contributed by atoms with Gasteiger partial charge in [0, 0.05) is 5.56 Å². The lowest BCUT2D eigenvalue weighted by Gasteiger charge is -2.04. The normalized spacial score (nSPS) is 12.9. The lowest BCUT2D eigenvalue weighted by molar-refractivity contribution is -0.146. The molecule has 1 unspecified atom stereocenters. The molecule has 2 aromatic rings. The number of aromatic nitrogens is 1. The highest BCUT2D eigenvalue weighted by molar-refractivity contribution is 7.98. The summed E-state index contributed by atoms with van der Waals surface area (Å²) in [4.78, 5) is 14.8. The summed E-state index contributed by atoms with van der Waals surface area (Å²) in [6.45, 7) is 0. The number of thioether (sulfide) groups is 1. The molecular weight excluding hydrogens is 230 g/mol. The summed E-state index contributed by atoms with van der Waals surface area (Å²) < 4.78 is 5.35. The van der Waals surface area contributed by atoms with Crippen molar-refractivity contribution in [2.75, 3.05) is 6.26 Å². The second-order valence-corrected chi connectivity index (χ2v) is 3.88. The molecule has 1 heterocycles. The molecule has 0 aliphatic rings. The molecule has 0 fully saturated rings. The molecule has 0 radical (unpaired) electrons. The maximum absolute atomic E-state index is 10.7. The van der Waals surface area contributed by atoms with Crippen LogP contribution in [0.2, 0.25) is 0 Å². The summed E-state index contributed by atoms with van der Waals surface area (Å²) in [6, 6.07) is 4.85. The van der Waals surface area contributed by atoms with Gasteiger partial charge in [-0.25, -0.2) is 9.78 Å². The second kappa shape index (κ2) is 4.15. The van der Waals surface area contributed by atoms with E-state index in [4.69, 9.17) is 9.52 Å². The molecule has 0 bridgehead atoms. The molecule has 0 aliphatic heterocycles. The molecule has 2 N–H and O–H groups in total. The molecule has 1 atom stereocenters. The number of carboxylic acid groups (broad SMARTS) is 1. The van der Waals surface area contributed by atoms with Crippen molar-refractivity contribution in [1.82, 2.24) is 4.98 Å². The van der Waals surface area contributed by atoms with Gasteiger partial charge in [0.05, 0.1) is 0 Å². The van der Waals surface area contributed by atoms with Gasteiger partial charge in [-0.15, -0.1) is 0 Å². The summed E-state index contributed by atoms with van der Waals surface area (Å²) in [5, 5.41) is 18.7. The molecule has 6 heteroatoms. The van der Waals surface area contributed by atoms with Crippen LogP contribution in [0.15, 0.2) is 27.8 Å². The number of benzene rings is 1. The Hall–Kier alpha value is -1.53. The summed E-state index contributed by atoms with van der Waals surface area (Å²) in [6.07, 6.45) is 0.212. The number of carbonyl (C=O) groups is 1. The van der Waals surface area contributed by atoms with Gasteiger partial charge < -0.3 is 14.6 Å². The summed E-state index contributed by atoms with van der Waals surface area (Å²) in [5.74, 6) is -1.31. The van der Waals surface area contributed by atoms with E-state index in [1.807, 2.05) is 0 Å². The van der Waals surface area contributed by atoms with Crippen LogP contribution >= 0.6 is 11.8 Å². The van der Waals surface area contributed by atoms with Crippen molar-refractivity contribution >= 4 is 28.8 Å². The van der Waals surface area contributed by atoms with E-state index in [1.54, 1.807) is 18.4 Å². The average Bonchev–Trinajstić information content (AvgIpc) is 2.70. The lowest BCUT2D eigenvalue weighted by Crippen LogP contribution is -2.10. The SMILES string of the molecule is CSc1nc2cccc(C(O)C(=O)O)c2o1. The van der Waals surface area contributed by atoms with Gasteiger partial charge in [-0.3, -0.25) is 0 Å². The average molecular weight is 239 g/mol. The lowest BCUT2D eigenvalue weighted by atomic mass is 10.1. The van der Waals surface area contributed by atoms with Gasteiger partial charge in [-0.05, 0) is 12.3 Å². The zero-order valence-corrected chi connectivity index (χ0v) is 9.19. The van der Waals surface area contributed by atoms with Crippen LogP contribution in [0.1, 0.15) is 11.7 Å². The number of aliphatic hydroxyl groups is 1. The number of hydrogen-bond donors (Lipinski definition) is 2. The smallest absolute Gasteiger partial charge is 0.337 e. The molecule has 5 nitrogen and oxygen atoms in total. The topological polar surface area (TPSA) is 83.6 Å². The highest BCUT2D eigenvalue weighted by atomic mass is 32.2. The van der Waals surface area contributed by atoms with Crippen molar-refractivity contribution in [3.05, 3.63) is 23.8 Å². The zero-order valence-electron chi connectivity index (χ0n) is 8.38. The van der Waals surface area contributed by atoms with E-state index in [0.717, 1.165) is 0 Å². The van der Waals surface area contributed by atoms with Gasteiger partial charge in [-0.2, -0.15) is 0 Å². The Balaban J connectivity index is 2.60. The Kier molecular flexibility index (Phi) is 2.84. The minimum atomic E-state index is -1.59. The van der Waals surface area contributed by atoms with Crippen LogP contribution in [-0.2, 0) is 4.79 Å². The number of nitrogens with zero attached hydrogens (tertiary/aromatic N) is 1. The van der Waals surface area contributed by atoms with Crippen molar-refractivity contribution in [2.24, 2.45) is 0 Å². The van der Waals surface area contributed by atoms with E-state index in [0.29, 0.717) is 16.3 Å². The first-order chi connectivity index (χ1) is 7.63. The number of para-hydroxylation sites is 1. The van der Waals surface area contributed by atoms with Crippen LogP contribution in [0, 0.1) is 0 Å². The molecule has 1 aromatic carbocycles. The van der Waals surface area contributed by atoms with Crippen LogP contribution in [0.3, 0.4) is 0 Å². The summed E-state index contributed by atoms with van der Waals surface area (Å²) >= 11 is 1.32. The molecule has 0 spiro atoms. The van der Waals surface area contributed by atoms with Crippen molar-refractivity contribution in [2.45, 2.75) is 11.3 Å². The minimum Gasteiger partial charge on any atom is -0.479 e. The summed E-state index contributed by atoms with van der Waals surface area (Å²) in [7, 11) is 0. The van der Waals surface area contributed by atoms with Crippen LogP contribution in [0.25, 0.3) is 11.1 Å². The molecule has 1 aromatic heterocycles. The minimum absolute atomic E-state index is 0.220. The van der Waals surface area contributed by atoms with Gasteiger partial charge in [0.15, 0.2) is 11.7 Å². The Labute approximate surface area is 95.1 Å². The monoisotopic (exact) mass is 239 g/mol. The fourth-order valence-electron chi connectivity index (χ4n) is 1.39. The summed E-state index contributed by atoms with van der Waals surface area (Å²) in [5.41, 5.74) is 1.08. The van der Waals surface area contributed by atoms with Gasteiger partial charge in [-0.1, -0.05) is 23.9 Å². The van der Waals surface area contributed by atoms with Crippen LogP contribution in [-0.4, -0.2) is 27.4 Å². The predicted octanol–water partition coefficient (Wildman–Crippen LogP) is 1.67. The molecule has 84 valence electrons. The van der Waals surface area contributed by atoms with E-state index in [9.17, 15) is 9.90 Å². The van der Waals surface area contributed by atoms with Crippen LogP contribution in [0.5, 0.6) is 0 Å². The van der Waals surface area contributed by atoms with Crippen molar-refractivity contribution in [3.8, 4) is 0 Å².